The zero-order valence-electron chi connectivity index (χ0n) is 15.0. The standard InChI is InChI=1S/C16H20N2O4.C2H6/c1-16(2)7-6-11(13(9-16)15(17)19)12-8-10(18(20)21)4-5-14(12)22-3;1-2/h4-5,8H,6-7,9H2,1-3H3,(H2,17,19);1-2H3. The van der Waals surface area contributed by atoms with Crippen LogP contribution in [-0.2, 0) is 4.79 Å². The normalized spacial score (nSPS) is 16.0. The molecule has 2 N–H and O–H groups in total. The summed E-state index contributed by atoms with van der Waals surface area (Å²) in [5.74, 6) is 0.0374. The number of carbonyl (C=O) groups excluding carboxylic acids is 1. The Hall–Kier alpha value is -2.37. The maximum absolute atomic E-state index is 11.8. The molecule has 1 aromatic carbocycles. The molecular weight excluding hydrogens is 308 g/mol. The number of nitro groups is 1. The van der Waals surface area contributed by atoms with Crippen LogP contribution in [0.1, 0.15) is 52.5 Å². The van der Waals surface area contributed by atoms with Crippen molar-refractivity contribution in [3.05, 3.63) is 39.4 Å². The number of hydrogen-bond acceptors (Lipinski definition) is 4. The van der Waals surface area contributed by atoms with Crippen molar-refractivity contribution in [3.63, 3.8) is 0 Å². The average molecular weight is 334 g/mol. The third kappa shape index (κ3) is 4.34. The molecule has 6 heteroatoms. The van der Waals surface area contributed by atoms with Gasteiger partial charge in [-0.25, -0.2) is 0 Å². The van der Waals surface area contributed by atoms with Crippen LogP contribution in [-0.4, -0.2) is 17.9 Å². The first-order chi connectivity index (χ1) is 11.2. The van der Waals surface area contributed by atoms with Crippen LogP contribution in [0.15, 0.2) is 23.8 Å². The average Bonchev–Trinajstić information content (AvgIpc) is 2.55. The molecule has 0 spiro atoms. The molecule has 2 rings (SSSR count). The van der Waals surface area contributed by atoms with Crippen LogP contribution in [0, 0.1) is 15.5 Å². The lowest BCUT2D eigenvalue weighted by Gasteiger charge is -2.32. The van der Waals surface area contributed by atoms with Crippen molar-refractivity contribution < 1.29 is 14.5 Å². The van der Waals surface area contributed by atoms with E-state index in [0.717, 1.165) is 12.0 Å². The summed E-state index contributed by atoms with van der Waals surface area (Å²) in [7, 11) is 1.50. The van der Waals surface area contributed by atoms with E-state index < -0.39 is 10.8 Å². The van der Waals surface area contributed by atoms with Crippen molar-refractivity contribution >= 4 is 17.2 Å². The zero-order chi connectivity index (χ0) is 18.5. The van der Waals surface area contributed by atoms with Crippen LogP contribution in [0.2, 0.25) is 0 Å². The van der Waals surface area contributed by atoms with Crippen LogP contribution in [0.5, 0.6) is 5.75 Å². The number of nitro benzene ring substituents is 1. The van der Waals surface area contributed by atoms with Crippen LogP contribution >= 0.6 is 0 Å². The van der Waals surface area contributed by atoms with Gasteiger partial charge in [-0.15, -0.1) is 0 Å². The van der Waals surface area contributed by atoms with E-state index in [-0.39, 0.29) is 11.1 Å². The summed E-state index contributed by atoms with van der Waals surface area (Å²) in [6.45, 7) is 8.16. The van der Waals surface area contributed by atoms with E-state index in [2.05, 4.69) is 13.8 Å². The molecule has 0 saturated carbocycles. The summed E-state index contributed by atoms with van der Waals surface area (Å²) in [5, 5.41) is 11.0. The molecule has 132 valence electrons. The van der Waals surface area contributed by atoms with Crippen LogP contribution in [0.3, 0.4) is 0 Å². The zero-order valence-corrected chi connectivity index (χ0v) is 15.0. The molecule has 0 unspecified atom stereocenters. The molecular formula is C18H26N2O4. The number of methoxy groups -OCH3 is 1. The molecule has 1 aliphatic carbocycles. The van der Waals surface area contributed by atoms with Gasteiger partial charge in [0.15, 0.2) is 0 Å². The van der Waals surface area contributed by atoms with Gasteiger partial charge in [-0.1, -0.05) is 27.7 Å². The van der Waals surface area contributed by atoms with Crippen molar-refractivity contribution in [2.75, 3.05) is 7.11 Å². The predicted molar refractivity (Wildman–Crippen MR) is 94.7 cm³/mol. The summed E-state index contributed by atoms with van der Waals surface area (Å²) >= 11 is 0. The van der Waals surface area contributed by atoms with Crippen molar-refractivity contribution in [1.29, 1.82) is 0 Å². The highest BCUT2D eigenvalue weighted by Gasteiger charge is 2.31. The molecule has 0 aliphatic heterocycles. The molecule has 0 saturated heterocycles. The number of nitrogens with two attached hydrogens (primary N) is 1. The third-order valence-electron chi connectivity index (χ3n) is 4.09. The Balaban J connectivity index is 0.00000139. The Labute approximate surface area is 142 Å². The van der Waals surface area contributed by atoms with E-state index in [9.17, 15) is 14.9 Å². The third-order valence-corrected chi connectivity index (χ3v) is 4.09. The Kier molecular flexibility index (Phi) is 6.51. The molecule has 0 bridgehead atoms. The first kappa shape index (κ1) is 19.7. The lowest BCUT2D eigenvalue weighted by atomic mass is 9.72. The molecule has 6 nitrogen and oxygen atoms in total. The van der Waals surface area contributed by atoms with E-state index in [1.54, 1.807) is 6.07 Å². The highest BCUT2D eigenvalue weighted by atomic mass is 16.6. The molecule has 1 amide bonds. The maximum Gasteiger partial charge on any atom is 0.270 e. The Morgan fingerprint density at radius 2 is 1.96 bits per heavy atom. The lowest BCUT2D eigenvalue weighted by Crippen LogP contribution is -2.26. The molecule has 0 radical (unpaired) electrons. The fourth-order valence-corrected chi connectivity index (χ4v) is 2.87. The number of ether oxygens (including phenoxy) is 1. The van der Waals surface area contributed by atoms with Crippen molar-refractivity contribution in [2.45, 2.75) is 47.0 Å². The second-order valence-corrected chi connectivity index (χ2v) is 6.30. The number of allylic oxidation sites excluding steroid dienone is 1. The molecule has 0 heterocycles. The summed E-state index contributed by atoms with van der Waals surface area (Å²) in [6, 6.07) is 4.40. The maximum atomic E-state index is 11.8. The Bertz CT molecular complexity index is 663. The summed E-state index contributed by atoms with van der Waals surface area (Å²) < 4.78 is 5.30. The first-order valence-electron chi connectivity index (χ1n) is 8.10. The Morgan fingerprint density at radius 3 is 2.46 bits per heavy atom. The van der Waals surface area contributed by atoms with Gasteiger partial charge >= 0.3 is 0 Å². The van der Waals surface area contributed by atoms with Crippen LogP contribution in [0.4, 0.5) is 5.69 Å². The van der Waals surface area contributed by atoms with E-state index in [4.69, 9.17) is 10.5 Å². The largest absolute Gasteiger partial charge is 0.496 e. The first-order valence-corrected chi connectivity index (χ1v) is 8.10. The fourth-order valence-electron chi connectivity index (χ4n) is 2.87. The van der Waals surface area contributed by atoms with Crippen molar-refractivity contribution in [1.82, 2.24) is 0 Å². The second kappa shape index (κ2) is 7.95. The van der Waals surface area contributed by atoms with Gasteiger partial charge in [-0.3, -0.25) is 14.9 Å². The molecule has 1 aromatic rings. The van der Waals surface area contributed by atoms with Gasteiger partial charge in [0.25, 0.3) is 5.69 Å². The molecule has 1 aliphatic rings. The lowest BCUT2D eigenvalue weighted by molar-refractivity contribution is -0.384. The highest BCUT2D eigenvalue weighted by molar-refractivity contribution is 6.01. The molecule has 0 fully saturated rings. The number of hydrogen-bond donors (Lipinski definition) is 1. The Morgan fingerprint density at radius 1 is 1.33 bits per heavy atom. The number of amides is 1. The van der Waals surface area contributed by atoms with Gasteiger partial charge in [-0.2, -0.15) is 0 Å². The van der Waals surface area contributed by atoms with E-state index >= 15 is 0 Å². The van der Waals surface area contributed by atoms with Gasteiger partial charge in [0.2, 0.25) is 5.91 Å². The summed E-state index contributed by atoms with van der Waals surface area (Å²) in [6.07, 6.45) is 2.08. The van der Waals surface area contributed by atoms with Crippen molar-refractivity contribution in [2.24, 2.45) is 11.1 Å². The minimum atomic E-state index is -0.476. The van der Waals surface area contributed by atoms with Crippen LogP contribution < -0.4 is 10.5 Å². The second-order valence-electron chi connectivity index (χ2n) is 6.30. The van der Waals surface area contributed by atoms with E-state index in [0.29, 0.717) is 29.7 Å². The minimum absolute atomic E-state index is 0.0121. The van der Waals surface area contributed by atoms with Gasteiger partial charge in [0.1, 0.15) is 5.75 Å². The molecule has 0 atom stereocenters. The summed E-state index contributed by atoms with van der Waals surface area (Å²) in [4.78, 5) is 22.4. The van der Waals surface area contributed by atoms with Crippen LogP contribution in [0.25, 0.3) is 5.57 Å². The van der Waals surface area contributed by atoms with E-state index in [1.165, 1.54) is 19.2 Å². The number of benzene rings is 1. The number of carbonyl (C=O) groups is 1. The monoisotopic (exact) mass is 334 g/mol. The number of primary amides is 1. The van der Waals surface area contributed by atoms with Gasteiger partial charge in [-0.05, 0) is 36.3 Å². The SMILES string of the molecule is CC.COc1ccc([N+](=O)[O-])cc1C1=C(C(N)=O)CC(C)(C)CC1. The minimum Gasteiger partial charge on any atom is -0.496 e. The topological polar surface area (TPSA) is 95.5 Å². The fraction of sp³-hybridized carbons (Fsp3) is 0.500. The number of rotatable bonds is 4. The molecule has 0 aromatic heterocycles. The van der Waals surface area contributed by atoms with Gasteiger partial charge < -0.3 is 10.5 Å². The van der Waals surface area contributed by atoms with Gasteiger partial charge in [0.05, 0.1) is 12.0 Å². The van der Waals surface area contributed by atoms with Crippen molar-refractivity contribution in [3.8, 4) is 5.75 Å². The summed E-state index contributed by atoms with van der Waals surface area (Å²) in [5.41, 5.74) is 7.37. The quantitative estimate of drug-likeness (QED) is 0.663. The number of nitrogens with zero attached hydrogens (tertiary/aromatic N) is 1. The highest BCUT2D eigenvalue weighted by Crippen LogP contribution is 2.44. The number of non-ortho nitro benzene ring substituents is 1. The molecule has 24 heavy (non-hydrogen) atoms. The van der Waals surface area contributed by atoms with E-state index in [1.807, 2.05) is 13.8 Å². The smallest absolute Gasteiger partial charge is 0.270 e. The van der Waals surface area contributed by atoms with Gasteiger partial charge in [0, 0.05) is 23.3 Å². The predicted octanol–water partition coefficient (Wildman–Crippen LogP) is 4.08.